The van der Waals surface area contributed by atoms with E-state index in [1.54, 1.807) is 0 Å². The molecule has 13 heavy (non-hydrogen) atoms. The van der Waals surface area contributed by atoms with Crippen LogP contribution in [0.5, 0.6) is 0 Å². The Morgan fingerprint density at radius 2 is 2.23 bits per heavy atom. The number of rotatable bonds is 2. The van der Waals surface area contributed by atoms with Crippen LogP contribution in [0.3, 0.4) is 0 Å². The fourth-order valence-corrected chi connectivity index (χ4v) is 1.30. The van der Waals surface area contributed by atoms with Crippen LogP contribution in [-0.2, 0) is 4.79 Å². The molecule has 0 saturated carbocycles. The molecular formula is C7H4BrF2NO2. The van der Waals surface area contributed by atoms with E-state index in [4.69, 9.17) is 5.11 Å². The normalized spacial score (nSPS) is 12.5. The highest BCUT2D eigenvalue weighted by atomic mass is 79.9. The fraction of sp³-hybridized carbons (Fsp3) is 0.143. The zero-order chi connectivity index (χ0) is 10.0. The lowest BCUT2D eigenvalue weighted by Gasteiger charge is -2.05. The summed E-state index contributed by atoms with van der Waals surface area (Å²) in [5.74, 6) is -2.71. The maximum absolute atomic E-state index is 12.9. The van der Waals surface area contributed by atoms with Crippen molar-refractivity contribution in [2.24, 2.45) is 0 Å². The highest BCUT2D eigenvalue weighted by Gasteiger charge is 2.24. The van der Waals surface area contributed by atoms with E-state index in [1.165, 1.54) is 0 Å². The van der Waals surface area contributed by atoms with Crippen molar-refractivity contribution in [1.29, 1.82) is 0 Å². The number of carbonyl (C=O) groups is 1. The molecule has 70 valence electrons. The van der Waals surface area contributed by atoms with Gasteiger partial charge in [-0.05, 0) is 15.9 Å². The first kappa shape index (κ1) is 10.0. The number of carboxylic acids is 1. The number of carboxylic acid groups (broad SMARTS) is 1. The van der Waals surface area contributed by atoms with Crippen molar-refractivity contribution in [3.8, 4) is 0 Å². The van der Waals surface area contributed by atoms with E-state index in [0.717, 1.165) is 12.4 Å². The zero-order valence-corrected chi connectivity index (χ0v) is 7.75. The molecule has 0 fully saturated rings. The highest BCUT2D eigenvalue weighted by Crippen LogP contribution is 2.27. The van der Waals surface area contributed by atoms with Crippen molar-refractivity contribution in [1.82, 2.24) is 4.98 Å². The molecular weight excluding hydrogens is 248 g/mol. The Kier molecular flexibility index (Phi) is 2.92. The summed E-state index contributed by atoms with van der Waals surface area (Å²) in [6.07, 6.45) is -0.485. The molecule has 1 unspecified atom stereocenters. The third kappa shape index (κ3) is 2.00. The quantitative estimate of drug-likeness (QED) is 0.876. The summed E-state index contributed by atoms with van der Waals surface area (Å²) >= 11 is 2.81. The second-order valence-electron chi connectivity index (χ2n) is 2.22. The first-order valence-corrected chi connectivity index (χ1v) is 3.99. The maximum atomic E-state index is 12.9. The van der Waals surface area contributed by atoms with Gasteiger partial charge < -0.3 is 5.11 Å². The average molecular weight is 252 g/mol. The molecule has 6 heteroatoms. The Morgan fingerprint density at radius 1 is 1.62 bits per heavy atom. The summed E-state index contributed by atoms with van der Waals surface area (Å²) in [7, 11) is 0. The molecule has 0 aromatic carbocycles. The van der Waals surface area contributed by atoms with Gasteiger partial charge in [-0.3, -0.25) is 4.98 Å². The van der Waals surface area contributed by atoms with Crippen molar-refractivity contribution in [3.63, 3.8) is 0 Å². The van der Waals surface area contributed by atoms with Gasteiger partial charge in [-0.25, -0.2) is 13.6 Å². The average Bonchev–Trinajstić information content (AvgIpc) is 2.03. The molecule has 0 aliphatic rings. The van der Waals surface area contributed by atoms with Crippen molar-refractivity contribution in [2.75, 3.05) is 0 Å². The Bertz CT molecular complexity index is 325. The van der Waals surface area contributed by atoms with Crippen LogP contribution < -0.4 is 0 Å². The van der Waals surface area contributed by atoms with E-state index in [-0.39, 0.29) is 4.47 Å². The van der Waals surface area contributed by atoms with E-state index in [2.05, 4.69) is 20.9 Å². The van der Waals surface area contributed by atoms with Crippen molar-refractivity contribution in [3.05, 3.63) is 28.2 Å². The van der Waals surface area contributed by atoms with Crippen LogP contribution in [-0.4, -0.2) is 16.1 Å². The van der Waals surface area contributed by atoms with Gasteiger partial charge in [0, 0.05) is 10.7 Å². The molecule has 0 saturated heterocycles. The van der Waals surface area contributed by atoms with E-state index < -0.39 is 23.5 Å². The fourth-order valence-electron chi connectivity index (χ4n) is 0.787. The molecule has 0 radical (unpaired) electrons. The van der Waals surface area contributed by atoms with Crippen LogP contribution in [0.2, 0.25) is 0 Å². The summed E-state index contributed by atoms with van der Waals surface area (Å²) in [5.41, 5.74) is -0.539. The third-order valence-electron chi connectivity index (χ3n) is 1.36. The smallest absolute Gasteiger partial charge is 0.343 e. The third-order valence-corrected chi connectivity index (χ3v) is 1.99. The summed E-state index contributed by atoms with van der Waals surface area (Å²) in [6, 6.07) is 0. The lowest BCUT2D eigenvalue weighted by Crippen LogP contribution is -2.09. The Hall–Kier alpha value is -1.04. The Morgan fingerprint density at radius 3 is 2.69 bits per heavy atom. The van der Waals surface area contributed by atoms with Gasteiger partial charge in [-0.1, -0.05) is 0 Å². The molecule has 1 aromatic rings. The molecule has 3 nitrogen and oxygen atoms in total. The van der Waals surface area contributed by atoms with Crippen molar-refractivity contribution in [2.45, 2.75) is 6.17 Å². The molecule has 1 rings (SSSR count). The van der Waals surface area contributed by atoms with Gasteiger partial charge in [0.25, 0.3) is 0 Å². The molecule has 1 aromatic heterocycles. The number of hydrogen-bond acceptors (Lipinski definition) is 2. The number of pyridine rings is 1. The maximum Gasteiger partial charge on any atom is 0.343 e. The number of nitrogens with zero attached hydrogens (tertiary/aromatic N) is 1. The first-order valence-electron chi connectivity index (χ1n) is 3.20. The van der Waals surface area contributed by atoms with E-state index in [9.17, 15) is 13.6 Å². The first-order chi connectivity index (χ1) is 6.04. The molecule has 0 spiro atoms. The van der Waals surface area contributed by atoms with Crippen LogP contribution in [0.1, 0.15) is 11.7 Å². The molecule has 0 bridgehead atoms. The lowest BCUT2D eigenvalue weighted by molar-refractivity contribution is -0.143. The van der Waals surface area contributed by atoms with Crippen LogP contribution >= 0.6 is 15.9 Å². The molecule has 1 atom stereocenters. The van der Waals surface area contributed by atoms with Gasteiger partial charge in [0.15, 0.2) is 0 Å². The van der Waals surface area contributed by atoms with E-state index in [0.29, 0.717) is 0 Å². The van der Waals surface area contributed by atoms with Gasteiger partial charge in [-0.2, -0.15) is 0 Å². The minimum atomic E-state index is -2.38. The number of aliphatic carboxylic acids is 1. The van der Waals surface area contributed by atoms with Crippen LogP contribution in [0.25, 0.3) is 0 Å². The van der Waals surface area contributed by atoms with Crippen molar-refractivity contribution >= 4 is 21.9 Å². The molecule has 0 aliphatic heterocycles. The van der Waals surface area contributed by atoms with Gasteiger partial charge >= 0.3 is 5.97 Å². The minimum Gasteiger partial charge on any atom is -0.479 e. The zero-order valence-electron chi connectivity index (χ0n) is 6.17. The van der Waals surface area contributed by atoms with Gasteiger partial charge in [0.1, 0.15) is 5.82 Å². The predicted molar refractivity (Wildman–Crippen MR) is 43.4 cm³/mol. The molecule has 1 heterocycles. The molecule has 0 amide bonds. The second kappa shape index (κ2) is 3.78. The second-order valence-corrected chi connectivity index (χ2v) is 3.07. The summed E-state index contributed by atoms with van der Waals surface area (Å²) in [5, 5.41) is 8.30. The Balaban J connectivity index is 3.20. The topological polar surface area (TPSA) is 50.2 Å². The van der Waals surface area contributed by atoms with Crippen LogP contribution in [0.15, 0.2) is 16.9 Å². The summed E-state index contributed by atoms with van der Waals surface area (Å²) in [6.45, 7) is 0. The highest BCUT2D eigenvalue weighted by molar-refractivity contribution is 9.10. The number of alkyl halides is 1. The number of hydrogen-bond donors (Lipinski definition) is 1. The van der Waals surface area contributed by atoms with Crippen LogP contribution in [0.4, 0.5) is 8.78 Å². The van der Waals surface area contributed by atoms with Crippen LogP contribution in [0, 0.1) is 5.82 Å². The number of halogens is 3. The minimum absolute atomic E-state index is 0.00222. The Labute approximate surface area is 80.5 Å². The summed E-state index contributed by atoms with van der Waals surface area (Å²) in [4.78, 5) is 13.6. The predicted octanol–water partition coefficient (Wildman–Crippen LogP) is 2.08. The number of aromatic nitrogens is 1. The standard InChI is InChI=1S/C7H4BrF2NO2/c8-3-1-11-2-4(9)5(3)6(10)7(12)13/h1-2,6H,(H,12,13). The SMILES string of the molecule is O=C(O)C(F)c1c(F)cncc1Br. The molecule has 0 aliphatic carbocycles. The monoisotopic (exact) mass is 251 g/mol. The van der Waals surface area contributed by atoms with Crippen molar-refractivity contribution < 1.29 is 18.7 Å². The van der Waals surface area contributed by atoms with E-state index in [1.807, 2.05) is 0 Å². The van der Waals surface area contributed by atoms with E-state index >= 15 is 0 Å². The van der Waals surface area contributed by atoms with Gasteiger partial charge in [0.05, 0.1) is 11.8 Å². The largest absolute Gasteiger partial charge is 0.479 e. The summed E-state index contributed by atoms with van der Waals surface area (Å²) < 4.78 is 25.7. The lowest BCUT2D eigenvalue weighted by atomic mass is 10.1. The molecule has 1 N–H and O–H groups in total. The van der Waals surface area contributed by atoms with Gasteiger partial charge in [-0.15, -0.1) is 0 Å². The van der Waals surface area contributed by atoms with Gasteiger partial charge in [0.2, 0.25) is 6.17 Å².